The number of nitrogens with one attached hydrogen (secondary N) is 1. The summed E-state index contributed by atoms with van der Waals surface area (Å²) in [4.78, 5) is 0. The molecule has 1 aliphatic heterocycles. The van der Waals surface area contributed by atoms with Crippen molar-refractivity contribution in [3.8, 4) is 0 Å². The minimum absolute atomic E-state index is 0.206. The fourth-order valence-corrected chi connectivity index (χ4v) is 3.10. The molecule has 3 atom stereocenters. The molecule has 1 aromatic rings. The first-order valence-corrected chi connectivity index (χ1v) is 7.84. The third kappa shape index (κ3) is 3.40. The summed E-state index contributed by atoms with van der Waals surface area (Å²) in [5.74, 6) is 0. The Morgan fingerprint density at radius 1 is 1.20 bits per heavy atom. The zero-order valence-electron chi connectivity index (χ0n) is 13.3. The second-order valence-electron chi connectivity index (χ2n) is 6.30. The van der Waals surface area contributed by atoms with Crippen LogP contribution in [0.1, 0.15) is 55.8 Å². The summed E-state index contributed by atoms with van der Waals surface area (Å²) in [7, 11) is 0. The largest absolute Gasteiger partial charge is 0.329 e. The molecule has 3 heteroatoms. The normalized spacial score (nSPS) is 25.6. The molecule has 3 unspecified atom stereocenters. The van der Waals surface area contributed by atoms with Gasteiger partial charge in [0, 0.05) is 18.6 Å². The van der Waals surface area contributed by atoms with E-state index in [-0.39, 0.29) is 6.04 Å². The van der Waals surface area contributed by atoms with Crippen molar-refractivity contribution in [2.45, 2.75) is 65.1 Å². The highest BCUT2D eigenvalue weighted by atomic mass is 15.5. The number of benzene rings is 1. The van der Waals surface area contributed by atoms with Crippen LogP contribution in [0.15, 0.2) is 18.2 Å². The van der Waals surface area contributed by atoms with E-state index in [2.05, 4.69) is 56.3 Å². The van der Waals surface area contributed by atoms with Crippen LogP contribution in [0.4, 0.5) is 0 Å². The molecule has 3 N–H and O–H groups in total. The summed E-state index contributed by atoms with van der Waals surface area (Å²) >= 11 is 0. The summed E-state index contributed by atoms with van der Waals surface area (Å²) in [6.45, 7) is 9.54. The lowest BCUT2D eigenvalue weighted by Gasteiger charge is -2.41. The smallest absolute Gasteiger partial charge is 0.0587 e. The molecule has 1 aromatic carbocycles. The van der Waals surface area contributed by atoms with Gasteiger partial charge in [0.1, 0.15) is 0 Å². The van der Waals surface area contributed by atoms with Gasteiger partial charge in [-0.25, -0.2) is 10.4 Å². The Bertz CT molecular complexity index is 434. The van der Waals surface area contributed by atoms with Gasteiger partial charge in [0.05, 0.1) is 6.04 Å². The van der Waals surface area contributed by atoms with Crippen molar-refractivity contribution < 1.29 is 0 Å². The molecular formula is C17H29N3. The molecule has 1 aliphatic rings. The van der Waals surface area contributed by atoms with E-state index in [1.807, 2.05) is 0 Å². The summed E-state index contributed by atoms with van der Waals surface area (Å²) in [5, 5.41) is 2.41. The van der Waals surface area contributed by atoms with Gasteiger partial charge in [-0.1, -0.05) is 24.6 Å². The van der Waals surface area contributed by atoms with E-state index in [0.717, 1.165) is 0 Å². The van der Waals surface area contributed by atoms with Crippen LogP contribution < -0.4 is 11.2 Å². The lowest BCUT2D eigenvalue weighted by molar-refractivity contribution is 0.0304. The topological polar surface area (TPSA) is 41.3 Å². The predicted molar refractivity (Wildman–Crippen MR) is 85.5 cm³/mol. The minimum atomic E-state index is 0.206. The molecular weight excluding hydrogens is 246 g/mol. The zero-order chi connectivity index (χ0) is 14.7. The lowest BCUT2D eigenvalue weighted by Crippen LogP contribution is -2.54. The Labute approximate surface area is 123 Å². The van der Waals surface area contributed by atoms with Crippen LogP contribution in [0, 0.1) is 13.8 Å². The van der Waals surface area contributed by atoms with Crippen LogP contribution >= 0.6 is 0 Å². The van der Waals surface area contributed by atoms with Crippen LogP contribution in [-0.2, 0) is 0 Å². The van der Waals surface area contributed by atoms with Gasteiger partial charge in [-0.2, -0.15) is 0 Å². The average molecular weight is 275 g/mol. The van der Waals surface area contributed by atoms with Gasteiger partial charge in [-0.3, -0.25) is 0 Å². The van der Waals surface area contributed by atoms with Gasteiger partial charge in [0.2, 0.25) is 0 Å². The van der Waals surface area contributed by atoms with Gasteiger partial charge in [0.15, 0.2) is 0 Å². The van der Waals surface area contributed by atoms with Crippen molar-refractivity contribution in [2.75, 3.05) is 6.54 Å². The van der Waals surface area contributed by atoms with E-state index in [0.29, 0.717) is 18.6 Å². The molecule has 0 aromatic heterocycles. The van der Waals surface area contributed by atoms with E-state index in [1.165, 1.54) is 36.0 Å². The Balaban J connectivity index is 2.13. The van der Waals surface area contributed by atoms with E-state index in [4.69, 9.17) is 5.73 Å². The number of nitrogens with zero attached hydrogens (tertiary/aromatic N) is 1. The summed E-state index contributed by atoms with van der Waals surface area (Å²) in [6.07, 6.45) is 3.86. The molecule has 0 spiro atoms. The van der Waals surface area contributed by atoms with E-state index >= 15 is 0 Å². The zero-order valence-corrected chi connectivity index (χ0v) is 13.3. The molecule has 112 valence electrons. The van der Waals surface area contributed by atoms with Crippen molar-refractivity contribution in [3.05, 3.63) is 34.9 Å². The first-order valence-electron chi connectivity index (χ1n) is 7.84. The fraction of sp³-hybridized carbons (Fsp3) is 0.647. The van der Waals surface area contributed by atoms with E-state index < -0.39 is 0 Å². The third-order valence-electron chi connectivity index (χ3n) is 4.67. The molecule has 0 aliphatic carbocycles. The van der Waals surface area contributed by atoms with Crippen molar-refractivity contribution >= 4 is 0 Å². The quantitative estimate of drug-likeness (QED) is 0.887. The molecule has 1 heterocycles. The van der Waals surface area contributed by atoms with Crippen molar-refractivity contribution in [1.29, 1.82) is 0 Å². The Morgan fingerprint density at radius 3 is 2.40 bits per heavy atom. The SMILES string of the molecule is Cc1ccc(C(CN)NN2C(C)CCCC2C)cc1C. The summed E-state index contributed by atoms with van der Waals surface area (Å²) in [5.41, 5.74) is 13.7. The second kappa shape index (κ2) is 6.70. The molecule has 1 saturated heterocycles. The number of nitrogens with two attached hydrogens (primary N) is 1. The van der Waals surface area contributed by atoms with Crippen molar-refractivity contribution in [3.63, 3.8) is 0 Å². The van der Waals surface area contributed by atoms with Gasteiger partial charge >= 0.3 is 0 Å². The summed E-state index contributed by atoms with van der Waals surface area (Å²) < 4.78 is 0. The minimum Gasteiger partial charge on any atom is -0.329 e. The fourth-order valence-electron chi connectivity index (χ4n) is 3.10. The van der Waals surface area contributed by atoms with Gasteiger partial charge in [0.25, 0.3) is 0 Å². The van der Waals surface area contributed by atoms with Crippen LogP contribution in [-0.4, -0.2) is 23.6 Å². The number of piperidine rings is 1. The molecule has 0 amide bonds. The predicted octanol–water partition coefficient (Wildman–Crippen LogP) is 3.07. The van der Waals surface area contributed by atoms with Crippen LogP contribution in [0.5, 0.6) is 0 Å². The highest BCUT2D eigenvalue weighted by molar-refractivity contribution is 5.31. The molecule has 3 nitrogen and oxygen atoms in total. The van der Waals surface area contributed by atoms with Crippen LogP contribution in [0.25, 0.3) is 0 Å². The van der Waals surface area contributed by atoms with Gasteiger partial charge < -0.3 is 5.73 Å². The standard InChI is InChI=1S/C17H29N3/c1-12-8-9-16(10-13(12)2)17(11-18)19-20-14(3)6-5-7-15(20)4/h8-10,14-15,17,19H,5-7,11,18H2,1-4H3. The van der Waals surface area contributed by atoms with Crippen LogP contribution in [0.2, 0.25) is 0 Å². The number of hydrazine groups is 1. The highest BCUT2D eigenvalue weighted by Crippen LogP contribution is 2.23. The highest BCUT2D eigenvalue weighted by Gasteiger charge is 2.26. The average Bonchev–Trinajstić information content (AvgIpc) is 2.42. The van der Waals surface area contributed by atoms with Crippen LogP contribution in [0.3, 0.4) is 0 Å². The van der Waals surface area contributed by atoms with Gasteiger partial charge in [-0.05, 0) is 57.2 Å². The monoisotopic (exact) mass is 275 g/mol. The Morgan fingerprint density at radius 2 is 1.85 bits per heavy atom. The van der Waals surface area contributed by atoms with E-state index in [9.17, 15) is 0 Å². The first kappa shape index (κ1) is 15.5. The molecule has 0 bridgehead atoms. The Kier molecular flexibility index (Phi) is 5.19. The molecule has 0 radical (unpaired) electrons. The summed E-state index contributed by atoms with van der Waals surface area (Å²) in [6, 6.07) is 8.03. The van der Waals surface area contributed by atoms with Crippen molar-refractivity contribution in [1.82, 2.24) is 10.4 Å². The van der Waals surface area contributed by atoms with Gasteiger partial charge in [-0.15, -0.1) is 0 Å². The maximum Gasteiger partial charge on any atom is 0.0587 e. The Hall–Kier alpha value is -0.900. The first-order chi connectivity index (χ1) is 9.52. The number of aryl methyl sites for hydroxylation is 2. The second-order valence-corrected chi connectivity index (χ2v) is 6.30. The lowest BCUT2D eigenvalue weighted by atomic mass is 9.98. The third-order valence-corrected chi connectivity index (χ3v) is 4.67. The molecule has 1 fully saturated rings. The molecule has 0 saturated carbocycles. The molecule has 20 heavy (non-hydrogen) atoms. The molecule has 2 rings (SSSR count). The maximum atomic E-state index is 6.01. The maximum absolute atomic E-state index is 6.01. The van der Waals surface area contributed by atoms with Crippen molar-refractivity contribution in [2.24, 2.45) is 5.73 Å². The number of rotatable bonds is 4. The van der Waals surface area contributed by atoms with E-state index in [1.54, 1.807) is 0 Å². The number of hydrogen-bond donors (Lipinski definition) is 2. The number of hydrogen-bond acceptors (Lipinski definition) is 3.